The third-order valence-electron chi connectivity index (χ3n) is 4.76. The first-order valence-electron chi connectivity index (χ1n) is 9.07. The third-order valence-corrected chi connectivity index (χ3v) is 4.76. The molecule has 150 valence electrons. The minimum absolute atomic E-state index is 0.0685. The number of carbonyl (C=O) groups is 1. The molecule has 0 aliphatic carbocycles. The fourth-order valence-corrected chi connectivity index (χ4v) is 3.07. The number of hydrogen-bond donors (Lipinski definition) is 1. The van der Waals surface area contributed by atoms with Gasteiger partial charge < -0.3 is 15.1 Å². The molecule has 1 fully saturated rings. The molecule has 1 amide bonds. The SMILES string of the molecule is CCN1CCN(c2ncc(C(=O)Nc3cccc(C(F)(F)F)c3)c(C)n2)CC1. The lowest BCUT2D eigenvalue weighted by atomic mass is 10.1. The number of piperazine rings is 1. The lowest BCUT2D eigenvalue weighted by Gasteiger charge is -2.34. The summed E-state index contributed by atoms with van der Waals surface area (Å²) in [4.78, 5) is 25.6. The number of aryl methyl sites for hydroxylation is 1. The molecule has 0 saturated carbocycles. The van der Waals surface area contributed by atoms with E-state index in [0.717, 1.165) is 44.9 Å². The summed E-state index contributed by atoms with van der Waals surface area (Å²) in [5.41, 5.74) is -0.0421. The van der Waals surface area contributed by atoms with Crippen LogP contribution in [-0.2, 0) is 6.18 Å². The molecule has 3 rings (SSSR count). The van der Waals surface area contributed by atoms with Gasteiger partial charge in [-0.15, -0.1) is 0 Å². The molecule has 0 bridgehead atoms. The molecular formula is C19H22F3N5O. The number of benzene rings is 1. The minimum atomic E-state index is -4.47. The van der Waals surface area contributed by atoms with Crippen molar-refractivity contribution in [2.24, 2.45) is 0 Å². The molecule has 9 heteroatoms. The van der Waals surface area contributed by atoms with Crippen molar-refractivity contribution in [2.45, 2.75) is 20.0 Å². The van der Waals surface area contributed by atoms with Crippen LogP contribution >= 0.6 is 0 Å². The van der Waals surface area contributed by atoms with Gasteiger partial charge in [0.05, 0.1) is 16.8 Å². The quantitative estimate of drug-likeness (QED) is 0.865. The first-order chi connectivity index (χ1) is 13.3. The van der Waals surface area contributed by atoms with Crippen molar-refractivity contribution >= 4 is 17.5 Å². The number of nitrogens with one attached hydrogen (secondary N) is 1. The molecular weight excluding hydrogens is 371 g/mol. The number of amides is 1. The summed E-state index contributed by atoms with van der Waals surface area (Å²) in [6.07, 6.45) is -3.05. The van der Waals surface area contributed by atoms with Crippen LogP contribution in [0.15, 0.2) is 30.5 Å². The molecule has 1 aliphatic rings. The van der Waals surface area contributed by atoms with Gasteiger partial charge in [-0.2, -0.15) is 13.2 Å². The van der Waals surface area contributed by atoms with Crippen LogP contribution in [0.4, 0.5) is 24.8 Å². The predicted molar refractivity (Wildman–Crippen MR) is 100 cm³/mol. The number of rotatable bonds is 4. The maximum Gasteiger partial charge on any atom is 0.416 e. The van der Waals surface area contributed by atoms with Crippen molar-refractivity contribution in [3.05, 3.63) is 47.3 Å². The molecule has 0 unspecified atom stereocenters. The fourth-order valence-electron chi connectivity index (χ4n) is 3.07. The smallest absolute Gasteiger partial charge is 0.338 e. The van der Waals surface area contributed by atoms with Crippen molar-refractivity contribution in [3.8, 4) is 0 Å². The summed E-state index contributed by atoms with van der Waals surface area (Å²) in [6, 6.07) is 4.51. The fraction of sp³-hybridized carbons (Fsp3) is 0.421. The maximum absolute atomic E-state index is 12.8. The number of hydrogen-bond acceptors (Lipinski definition) is 5. The van der Waals surface area contributed by atoms with E-state index in [-0.39, 0.29) is 11.3 Å². The zero-order chi connectivity index (χ0) is 20.3. The average molecular weight is 393 g/mol. The maximum atomic E-state index is 12.8. The Bertz CT molecular complexity index is 848. The largest absolute Gasteiger partial charge is 0.416 e. The van der Waals surface area contributed by atoms with E-state index in [9.17, 15) is 18.0 Å². The topological polar surface area (TPSA) is 61.4 Å². The first-order valence-corrected chi connectivity index (χ1v) is 9.07. The van der Waals surface area contributed by atoms with Crippen LogP contribution in [-0.4, -0.2) is 53.5 Å². The molecule has 0 spiro atoms. The first kappa shape index (κ1) is 20.1. The molecule has 28 heavy (non-hydrogen) atoms. The van der Waals surface area contributed by atoms with Gasteiger partial charge in [0, 0.05) is 38.1 Å². The molecule has 0 radical (unpaired) electrons. The Balaban J connectivity index is 1.71. The van der Waals surface area contributed by atoms with E-state index < -0.39 is 17.6 Å². The molecule has 1 aliphatic heterocycles. The van der Waals surface area contributed by atoms with Gasteiger partial charge in [0.2, 0.25) is 5.95 Å². The van der Waals surface area contributed by atoms with E-state index in [0.29, 0.717) is 11.6 Å². The molecule has 1 saturated heterocycles. The Kier molecular flexibility index (Phi) is 5.83. The molecule has 2 heterocycles. The van der Waals surface area contributed by atoms with Crippen LogP contribution in [0.25, 0.3) is 0 Å². The number of likely N-dealkylation sites (N-methyl/N-ethyl adjacent to an activating group) is 1. The Morgan fingerprint density at radius 1 is 1.21 bits per heavy atom. The average Bonchev–Trinajstić information content (AvgIpc) is 2.67. The van der Waals surface area contributed by atoms with Crippen molar-refractivity contribution < 1.29 is 18.0 Å². The van der Waals surface area contributed by atoms with Gasteiger partial charge in [-0.1, -0.05) is 13.0 Å². The molecule has 1 aromatic carbocycles. The van der Waals surface area contributed by atoms with Crippen LogP contribution in [0.1, 0.15) is 28.5 Å². The summed E-state index contributed by atoms with van der Waals surface area (Å²) in [7, 11) is 0. The lowest BCUT2D eigenvalue weighted by molar-refractivity contribution is -0.137. The monoisotopic (exact) mass is 393 g/mol. The van der Waals surface area contributed by atoms with Crippen LogP contribution < -0.4 is 10.2 Å². The number of aromatic nitrogens is 2. The molecule has 6 nitrogen and oxygen atoms in total. The van der Waals surface area contributed by atoms with Gasteiger partial charge >= 0.3 is 6.18 Å². The molecule has 1 N–H and O–H groups in total. The van der Waals surface area contributed by atoms with Crippen molar-refractivity contribution in [2.75, 3.05) is 42.9 Å². The van der Waals surface area contributed by atoms with Gasteiger partial charge in [0.15, 0.2) is 0 Å². The highest BCUT2D eigenvalue weighted by Crippen LogP contribution is 2.30. The van der Waals surface area contributed by atoms with Gasteiger partial charge in [0.1, 0.15) is 0 Å². The highest BCUT2D eigenvalue weighted by molar-refractivity contribution is 6.04. The summed E-state index contributed by atoms with van der Waals surface area (Å²) in [6.45, 7) is 8.28. The summed E-state index contributed by atoms with van der Waals surface area (Å²) in [5.74, 6) is 0.0167. The third kappa shape index (κ3) is 4.59. The molecule has 1 aromatic heterocycles. The standard InChI is InChI=1S/C19H22F3N5O/c1-3-26-7-9-27(10-8-26)18-23-12-16(13(2)24-18)17(28)25-15-6-4-5-14(11-15)19(20,21)22/h4-6,11-12H,3,7-10H2,1-2H3,(H,25,28). The van der Waals surface area contributed by atoms with Crippen LogP contribution in [0.5, 0.6) is 0 Å². The number of alkyl halides is 3. The number of nitrogens with zero attached hydrogens (tertiary/aromatic N) is 4. The second-order valence-electron chi connectivity index (χ2n) is 6.62. The Labute approximate surface area is 161 Å². The lowest BCUT2D eigenvalue weighted by Crippen LogP contribution is -2.46. The van der Waals surface area contributed by atoms with Crippen LogP contribution in [0.3, 0.4) is 0 Å². The van der Waals surface area contributed by atoms with E-state index in [1.54, 1.807) is 6.92 Å². The zero-order valence-corrected chi connectivity index (χ0v) is 15.8. The van der Waals surface area contributed by atoms with Crippen LogP contribution in [0.2, 0.25) is 0 Å². The highest BCUT2D eigenvalue weighted by atomic mass is 19.4. The second-order valence-corrected chi connectivity index (χ2v) is 6.62. The van der Waals surface area contributed by atoms with Crippen LogP contribution in [0, 0.1) is 6.92 Å². The van der Waals surface area contributed by atoms with Gasteiger partial charge in [-0.25, -0.2) is 9.97 Å². The number of halogens is 3. The van der Waals surface area contributed by atoms with E-state index in [1.807, 2.05) is 0 Å². The van der Waals surface area contributed by atoms with Crippen molar-refractivity contribution in [3.63, 3.8) is 0 Å². The van der Waals surface area contributed by atoms with Crippen molar-refractivity contribution in [1.82, 2.24) is 14.9 Å². The predicted octanol–water partition coefficient (Wildman–Crippen LogP) is 3.20. The summed E-state index contributed by atoms with van der Waals surface area (Å²) < 4.78 is 38.5. The zero-order valence-electron chi connectivity index (χ0n) is 15.8. The van der Waals surface area contributed by atoms with Gasteiger partial charge in [0.25, 0.3) is 5.91 Å². The molecule has 0 atom stereocenters. The van der Waals surface area contributed by atoms with Gasteiger partial charge in [-0.05, 0) is 31.7 Å². The van der Waals surface area contributed by atoms with Gasteiger partial charge in [-0.3, -0.25) is 4.79 Å². The normalized spacial score (nSPS) is 15.5. The number of anilines is 2. The molecule has 2 aromatic rings. The summed E-state index contributed by atoms with van der Waals surface area (Å²) >= 11 is 0. The number of carbonyl (C=O) groups excluding carboxylic acids is 1. The van der Waals surface area contributed by atoms with E-state index >= 15 is 0 Å². The van der Waals surface area contributed by atoms with E-state index in [1.165, 1.54) is 18.3 Å². The Morgan fingerprint density at radius 2 is 1.93 bits per heavy atom. The minimum Gasteiger partial charge on any atom is -0.338 e. The second kappa shape index (κ2) is 8.14. The summed E-state index contributed by atoms with van der Waals surface area (Å²) in [5, 5.41) is 2.48. The Morgan fingerprint density at radius 3 is 2.54 bits per heavy atom. The van der Waals surface area contributed by atoms with Crippen molar-refractivity contribution in [1.29, 1.82) is 0 Å². The van der Waals surface area contributed by atoms with E-state index in [4.69, 9.17) is 0 Å². The highest BCUT2D eigenvalue weighted by Gasteiger charge is 2.30. The Hall–Kier alpha value is -2.68. The van der Waals surface area contributed by atoms with E-state index in [2.05, 4.69) is 32.0 Å².